The van der Waals surface area contributed by atoms with Crippen LogP contribution in [0.3, 0.4) is 0 Å². The van der Waals surface area contributed by atoms with Crippen LogP contribution in [0.2, 0.25) is 0 Å². The second-order valence-corrected chi connectivity index (χ2v) is 5.57. The smallest absolute Gasteiger partial charge is 0.0795 e. The van der Waals surface area contributed by atoms with Crippen molar-refractivity contribution in [3.63, 3.8) is 0 Å². The molecule has 0 atom stereocenters. The minimum Gasteiger partial charge on any atom is -0.330 e. The standard InChI is InChI=1S/C12H21N3S/c13-8-12(4-2-1-3-5-12)9-14-6-11-7-16-10-15-11/h7,10,14H,1-6,8-9,13H2. The number of nitrogens with zero attached hydrogens (tertiary/aromatic N) is 1. The molecule has 2 rings (SSSR count). The van der Waals surface area contributed by atoms with Crippen molar-refractivity contribution in [2.24, 2.45) is 11.1 Å². The summed E-state index contributed by atoms with van der Waals surface area (Å²) in [4.78, 5) is 4.27. The summed E-state index contributed by atoms with van der Waals surface area (Å²) in [5.41, 5.74) is 9.33. The predicted molar refractivity (Wildman–Crippen MR) is 68.4 cm³/mol. The summed E-state index contributed by atoms with van der Waals surface area (Å²) >= 11 is 1.65. The van der Waals surface area contributed by atoms with E-state index in [1.807, 2.05) is 5.51 Å². The van der Waals surface area contributed by atoms with E-state index in [1.165, 1.54) is 32.1 Å². The first kappa shape index (κ1) is 12.0. The lowest BCUT2D eigenvalue weighted by molar-refractivity contribution is 0.191. The molecule has 0 saturated heterocycles. The molecule has 1 aliphatic rings. The van der Waals surface area contributed by atoms with E-state index in [-0.39, 0.29) is 0 Å². The van der Waals surface area contributed by atoms with Crippen LogP contribution in [0.25, 0.3) is 0 Å². The summed E-state index contributed by atoms with van der Waals surface area (Å²) in [5.74, 6) is 0. The monoisotopic (exact) mass is 239 g/mol. The molecular weight excluding hydrogens is 218 g/mol. The van der Waals surface area contributed by atoms with E-state index in [0.717, 1.165) is 25.3 Å². The average molecular weight is 239 g/mol. The first-order chi connectivity index (χ1) is 7.85. The van der Waals surface area contributed by atoms with Gasteiger partial charge in [0.05, 0.1) is 11.2 Å². The first-order valence-corrected chi connectivity index (χ1v) is 7.07. The zero-order valence-electron chi connectivity index (χ0n) is 9.74. The molecule has 3 nitrogen and oxygen atoms in total. The molecule has 0 radical (unpaired) electrons. The quantitative estimate of drug-likeness (QED) is 0.827. The Morgan fingerprint density at radius 2 is 2.19 bits per heavy atom. The summed E-state index contributed by atoms with van der Waals surface area (Å²) in [6, 6.07) is 0. The Morgan fingerprint density at radius 1 is 1.38 bits per heavy atom. The fraction of sp³-hybridized carbons (Fsp3) is 0.750. The molecule has 0 aromatic carbocycles. The molecule has 4 heteroatoms. The van der Waals surface area contributed by atoms with E-state index in [9.17, 15) is 0 Å². The maximum atomic E-state index is 5.94. The van der Waals surface area contributed by atoms with Crippen LogP contribution < -0.4 is 11.1 Å². The van der Waals surface area contributed by atoms with E-state index in [2.05, 4.69) is 15.7 Å². The van der Waals surface area contributed by atoms with Gasteiger partial charge in [0.25, 0.3) is 0 Å². The number of nitrogens with two attached hydrogens (primary N) is 1. The van der Waals surface area contributed by atoms with Gasteiger partial charge < -0.3 is 11.1 Å². The van der Waals surface area contributed by atoms with Crippen LogP contribution in [0.1, 0.15) is 37.8 Å². The zero-order chi connectivity index (χ0) is 11.3. The Kier molecular flexibility index (Phi) is 4.32. The van der Waals surface area contributed by atoms with E-state index in [0.29, 0.717) is 5.41 Å². The van der Waals surface area contributed by atoms with Crippen LogP contribution >= 0.6 is 11.3 Å². The number of hydrogen-bond acceptors (Lipinski definition) is 4. The molecule has 1 fully saturated rings. The van der Waals surface area contributed by atoms with Crippen molar-refractivity contribution in [1.82, 2.24) is 10.3 Å². The molecule has 1 heterocycles. The highest BCUT2D eigenvalue weighted by Crippen LogP contribution is 2.34. The van der Waals surface area contributed by atoms with Gasteiger partial charge in [-0.25, -0.2) is 4.98 Å². The van der Waals surface area contributed by atoms with Crippen molar-refractivity contribution in [3.8, 4) is 0 Å². The molecular formula is C12H21N3S. The van der Waals surface area contributed by atoms with Crippen LogP contribution in [0.5, 0.6) is 0 Å². The molecule has 1 saturated carbocycles. The van der Waals surface area contributed by atoms with Gasteiger partial charge in [0.15, 0.2) is 0 Å². The van der Waals surface area contributed by atoms with Crippen molar-refractivity contribution < 1.29 is 0 Å². The van der Waals surface area contributed by atoms with Crippen LogP contribution in [0.15, 0.2) is 10.9 Å². The highest BCUT2D eigenvalue weighted by atomic mass is 32.1. The van der Waals surface area contributed by atoms with Gasteiger partial charge in [0, 0.05) is 18.5 Å². The molecule has 16 heavy (non-hydrogen) atoms. The number of hydrogen-bond donors (Lipinski definition) is 2. The van der Waals surface area contributed by atoms with Gasteiger partial charge in [-0.05, 0) is 24.8 Å². The number of aromatic nitrogens is 1. The van der Waals surface area contributed by atoms with Gasteiger partial charge >= 0.3 is 0 Å². The maximum absolute atomic E-state index is 5.94. The average Bonchev–Trinajstić information content (AvgIpc) is 2.83. The summed E-state index contributed by atoms with van der Waals surface area (Å²) < 4.78 is 0. The third-order valence-electron chi connectivity index (χ3n) is 3.64. The molecule has 0 spiro atoms. The third-order valence-corrected chi connectivity index (χ3v) is 4.27. The summed E-state index contributed by atoms with van der Waals surface area (Å²) in [6.07, 6.45) is 6.64. The number of thiazole rings is 1. The fourth-order valence-corrected chi connectivity index (χ4v) is 3.09. The molecule has 0 unspecified atom stereocenters. The Morgan fingerprint density at radius 3 is 2.81 bits per heavy atom. The number of nitrogens with one attached hydrogen (secondary N) is 1. The van der Waals surface area contributed by atoms with Crippen LogP contribution in [-0.2, 0) is 6.54 Å². The molecule has 1 aromatic heterocycles. The SMILES string of the molecule is NCC1(CNCc2cscn2)CCCCC1. The first-order valence-electron chi connectivity index (χ1n) is 6.13. The lowest BCUT2D eigenvalue weighted by atomic mass is 9.74. The van der Waals surface area contributed by atoms with Gasteiger partial charge in [-0.3, -0.25) is 0 Å². The largest absolute Gasteiger partial charge is 0.330 e. The topological polar surface area (TPSA) is 50.9 Å². The summed E-state index contributed by atoms with van der Waals surface area (Å²) in [5, 5.41) is 5.61. The minimum atomic E-state index is 0.355. The molecule has 0 bridgehead atoms. The Hall–Kier alpha value is -0.450. The van der Waals surface area contributed by atoms with Crippen molar-refractivity contribution in [1.29, 1.82) is 0 Å². The second kappa shape index (κ2) is 5.75. The van der Waals surface area contributed by atoms with Crippen molar-refractivity contribution in [3.05, 3.63) is 16.6 Å². The van der Waals surface area contributed by atoms with Gasteiger partial charge in [0.1, 0.15) is 0 Å². The van der Waals surface area contributed by atoms with Gasteiger partial charge in [-0.15, -0.1) is 11.3 Å². The van der Waals surface area contributed by atoms with Gasteiger partial charge in [-0.2, -0.15) is 0 Å². The van der Waals surface area contributed by atoms with E-state index >= 15 is 0 Å². The van der Waals surface area contributed by atoms with Gasteiger partial charge in [-0.1, -0.05) is 19.3 Å². The molecule has 90 valence electrons. The van der Waals surface area contributed by atoms with Gasteiger partial charge in [0.2, 0.25) is 0 Å². The normalized spacial score (nSPS) is 19.8. The summed E-state index contributed by atoms with van der Waals surface area (Å²) in [7, 11) is 0. The number of rotatable bonds is 5. The Bertz CT molecular complexity index is 291. The Balaban J connectivity index is 1.78. The predicted octanol–water partition coefficient (Wildman–Crippen LogP) is 2.14. The van der Waals surface area contributed by atoms with Crippen molar-refractivity contribution in [2.45, 2.75) is 38.6 Å². The molecule has 0 aliphatic heterocycles. The van der Waals surface area contributed by atoms with E-state index in [4.69, 9.17) is 5.73 Å². The Labute approximate surface area is 101 Å². The zero-order valence-corrected chi connectivity index (χ0v) is 10.6. The maximum Gasteiger partial charge on any atom is 0.0795 e. The minimum absolute atomic E-state index is 0.355. The van der Waals surface area contributed by atoms with Crippen LogP contribution in [0, 0.1) is 5.41 Å². The highest BCUT2D eigenvalue weighted by molar-refractivity contribution is 7.07. The molecule has 1 aromatic rings. The molecule has 3 N–H and O–H groups in total. The lowest BCUT2D eigenvalue weighted by Crippen LogP contribution is -2.41. The summed E-state index contributed by atoms with van der Waals surface area (Å²) in [6.45, 7) is 2.74. The highest BCUT2D eigenvalue weighted by Gasteiger charge is 2.29. The van der Waals surface area contributed by atoms with Crippen molar-refractivity contribution >= 4 is 11.3 Å². The molecule has 1 aliphatic carbocycles. The van der Waals surface area contributed by atoms with Crippen LogP contribution in [0.4, 0.5) is 0 Å². The lowest BCUT2D eigenvalue weighted by Gasteiger charge is -2.36. The molecule has 0 amide bonds. The third kappa shape index (κ3) is 3.03. The van der Waals surface area contributed by atoms with Crippen LogP contribution in [-0.4, -0.2) is 18.1 Å². The second-order valence-electron chi connectivity index (χ2n) is 4.85. The van der Waals surface area contributed by atoms with E-state index in [1.54, 1.807) is 11.3 Å². The fourth-order valence-electron chi connectivity index (χ4n) is 2.54. The van der Waals surface area contributed by atoms with E-state index < -0.39 is 0 Å². The van der Waals surface area contributed by atoms with Crippen molar-refractivity contribution in [2.75, 3.05) is 13.1 Å².